The van der Waals surface area contributed by atoms with E-state index in [0.29, 0.717) is 19.7 Å². The van der Waals surface area contributed by atoms with Crippen LogP contribution in [0, 0.1) is 0 Å². The first-order chi connectivity index (χ1) is 8.72. The molecule has 1 aromatic rings. The Hall–Kier alpha value is -1.39. The number of morpholine rings is 1. The Morgan fingerprint density at radius 1 is 1.44 bits per heavy atom. The topological polar surface area (TPSA) is 49.8 Å². The molecule has 1 aliphatic rings. The Bertz CT molecular complexity index is 419. The standard InChI is InChI=1S/C14H19NO3/c1-2-11-5-3-4-6-12(11)9-15-7-8-18-10-13(15)14(16)17/h3-6,13H,2,7-10H2,1H3,(H,16,17). The fourth-order valence-electron chi connectivity index (χ4n) is 2.33. The van der Waals surface area contributed by atoms with Gasteiger partial charge in [0.05, 0.1) is 13.2 Å². The summed E-state index contributed by atoms with van der Waals surface area (Å²) in [4.78, 5) is 13.2. The molecule has 0 amide bonds. The monoisotopic (exact) mass is 249 g/mol. The van der Waals surface area contributed by atoms with Crippen LogP contribution in [0.25, 0.3) is 0 Å². The van der Waals surface area contributed by atoms with E-state index in [1.165, 1.54) is 11.1 Å². The maximum Gasteiger partial charge on any atom is 0.323 e. The molecule has 1 aliphatic heterocycles. The van der Waals surface area contributed by atoms with E-state index < -0.39 is 12.0 Å². The summed E-state index contributed by atoms with van der Waals surface area (Å²) in [5, 5.41) is 9.19. The molecule has 0 spiro atoms. The molecule has 0 aromatic heterocycles. The number of aryl methyl sites for hydroxylation is 1. The molecule has 1 aromatic carbocycles. The van der Waals surface area contributed by atoms with Crippen molar-refractivity contribution in [2.45, 2.75) is 25.9 Å². The zero-order valence-corrected chi connectivity index (χ0v) is 10.6. The molecule has 1 N–H and O–H groups in total. The highest BCUT2D eigenvalue weighted by molar-refractivity contribution is 5.73. The predicted octanol–water partition coefficient (Wildman–Crippen LogP) is 1.53. The summed E-state index contributed by atoms with van der Waals surface area (Å²) in [6.45, 7) is 4.37. The Kier molecular flexibility index (Phi) is 4.33. The second kappa shape index (κ2) is 5.98. The number of benzene rings is 1. The number of carboxylic acids is 1. The first-order valence-corrected chi connectivity index (χ1v) is 6.33. The largest absolute Gasteiger partial charge is 0.480 e. The quantitative estimate of drug-likeness (QED) is 0.879. The molecule has 1 fully saturated rings. The molecule has 4 heteroatoms. The van der Waals surface area contributed by atoms with Crippen LogP contribution in [-0.4, -0.2) is 41.8 Å². The average molecular weight is 249 g/mol. The van der Waals surface area contributed by atoms with Gasteiger partial charge in [0.2, 0.25) is 0 Å². The fraction of sp³-hybridized carbons (Fsp3) is 0.500. The lowest BCUT2D eigenvalue weighted by Crippen LogP contribution is -2.49. The van der Waals surface area contributed by atoms with Crippen LogP contribution in [0.5, 0.6) is 0 Å². The van der Waals surface area contributed by atoms with Crippen molar-refractivity contribution in [3.63, 3.8) is 0 Å². The lowest BCUT2D eigenvalue weighted by molar-refractivity contribution is -0.150. The van der Waals surface area contributed by atoms with Crippen molar-refractivity contribution in [3.8, 4) is 0 Å². The molecule has 0 aliphatic carbocycles. The normalized spacial score (nSPS) is 20.8. The van der Waals surface area contributed by atoms with E-state index in [2.05, 4.69) is 19.1 Å². The zero-order chi connectivity index (χ0) is 13.0. The molecule has 0 bridgehead atoms. The van der Waals surface area contributed by atoms with Crippen LogP contribution in [-0.2, 0) is 22.5 Å². The van der Waals surface area contributed by atoms with Gasteiger partial charge >= 0.3 is 5.97 Å². The van der Waals surface area contributed by atoms with Crippen molar-refractivity contribution >= 4 is 5.97 Å². The van der Waals surface area contributed by atoms with Crippen molar-refractivity contribution in [1.29, 1.82) is 0 Å². The van der Waals surface area contributed by atoms with Crippen LogP contribution in [0.2, 0.25) is 0 Å². The first kappa shape index (κ1) is 13.1. The molecule has 0 radical (unpaired) electrons. The third-order valence-corrected chi connectivity index (χ3v) is 3.40. The van der Waals surface area contributed by atoms with E-state index in [-0.39, 0.29) is 6.61 Å². The number of carboxylic acid groups (broad SMARTS) is 1. The number of hydrogen-bond donors (Lipinski definition) is 1. The van der Waals surface area contributed by atoms with E-state index in [4.69, 9.17) is 4.74 Å². The molecule has 98 valence electrons. The van der Waals surface area contributed by atoms with Gasteiger partial charge in [-0.05, 0) is 17.5 Å². The van der Waals surface area contributed by atoms with Gasteiger partial charge in [-0.25, -0.2) is 0 Å². The van der Waals surface area contributed by atoms with Crippen molar-refractivity contribution < 1.29 is 14.6 Å². The Labute approximate surface area is 107 Å². The van der Waals surface area contributed by atoms with Gasteiger partial charge in [-0.3, -0.25) is 9.69 Å². The summed E-state index contributed by atoms with van der Waals surface area (Å²) in [5.74, 6) is -0.802. The first-order valence-electron chi connectivity index (χ1n) is 6.33. The zero-order valence-electron chi connectivity index (χ0n) is 10.6. The molecule has 4 nitrogen and oxygen atoms in total. The number of rotatable bonds is 4. The molecule has 1 saturated heterocycles. The van der Waals surface area contributed by atoms with E-state index in [1.807, 2.05) is 17.0 Å². The molecule has 0 saturated carbocycles. The smallest absolute Gasteiger partial charge is 0.323 e. The summed E-state index contributed by atoms with van der Waals surface area (Å²) in [6.07, 6.45) is 0.970. The van der Waals surface area contributed by atoms with Crippen LogP contribution in [0.3, 0.4) is 0 Å². The summed E-state index contributed by atoms with van der Waals surface area (Å²) in [7, 11) is 0. The predicted molar refractivity (Wildman–Crippen MR) is 68.5 cm³/mol. The van der Waals surface area contributed by atoms with Gasteiger partial charge in [0.25, 0.3) is 0 Å². The molecule has 1 heterocycles. The minimum Gasteiger partial charge on any atom is -0.480 e. The van der Waals surface area contributed by atoms with Crippen LogP contribution in [0.4, 0.5) is 0 Å². The van der Waals surface area contributed by atoms with E-state index >= 15 is 0 Å². The van der Waals surface area contributed by atoms with E-state index in [9.17, 15) is 9.90 Å². The summed E-state index contributed by atoms with van der Waals surface area (Å²) < 4.78 is 5.25. The van der Waals surface area contributed by atoms with Gasteiger partial charge in [-0.15, -0.1) is 0 Å². The summed E-state index contributed by atoms with van der Waals surface area (Å²) in [6, 6.07) is 7.68. The van der Waals surface area contributed by atoms with Crippen LogP contribution in [0.15, 0.2) is 24.3 Å². The number of hydrogen-bond acceptors (Lipinski definition) is 3. The van der Waals surface area contributed by atoms with Gasteiger partial charge in [0.1, 0.15) is 6.04 Å². The van der Waals surface area contributed by atoms with E-state index in [0.717, 1.165) is 6.42 Å². The number of ether oxygens (including phenoxy) is 1. The fourth-order valence-corrected chi connectivity index (χ4v) is 2.33. The Morgan fingerprint density at radius 3 is 2.83 bits per heavy atom. The van der Waals surface area contributed by atoms with Crippen LogP contribution in [0.1, 0.15) is 18.1 Å². The number of carbonyl (C=O) groups is 1. The highest BCUT2D eigenvalue weighted by atomic mass is 16.5. The van der Waals surface area contributed by atoms with Crippen molar-refractivity contribution in [2.24, 2.45) is 0 Å². The third-order valence-electron chi connectivity index (χ3n) is 3.40. The van der Waals surface area contributed by atoms with Crippen molar-refractivity contribution in [3.05, 3.63) is 35.4 Å². The lowest BCUT2D eigenvalue weighted by atomic mass is 10.0. The minimum atomic E-state index is -0.802. The molecule has 2 rings (SSSR count). The maximum absolute atomic E-state index is 11.2. The molecule has 1 unspecified atom stereocenters. The highest BCUT2D eigenvalue weighted by Gasteiger charge is 2.29. The molecule has 18 heavy (non-hydrogen) atoms. The highest BCUT2D eigenvalue weighted by Crippen LogP contribution is 2.16. The van der Waals surface area contributed by atoms with Crippen molar-refractivity contribution in [1.82, 2.24) is 4.90 Å². The molecular formula is C14H19NO3. The summed E-state index contributed by atoms with van der Waals surface area (Å²) >= 11 is 0. The number of aliphatic carboxylic acids is 1. The minimum absolute atomic E-state index is 0.281. The van der Waals surface area contributed by atoms with Crippen molar-refractivity contribution in [2.75, 3.05) is 19.8 Å². The van der Waals surface area contributed by atoms with Gasteiger partial charge in [0, 0.05) is 13.1 Å². The number of nitrogens with zero attached hydrogens (tertiary/aromatic N) is 1. The van der Waals surface area contributed by atoms with Crippen LogP contribution >= 0.6 is 0 Å². The third kappa shape index (κ3) is 2.89. The second-order valence-corrected chi connectivity index (χ2v) is 4.52. The Balaban J connectivity index is 2.13. The van der Waals surface area contributed by atoms with E-state index in [1.54, 1.807) is 0 Å². The summed E-state index contributed by atoms with van der Waals surface area (Å²) in [5.41, 5.74) is 2.50. The Morgan fingerprint density at radius 2 is 2.17 bits per heavy atom. The lowest BCUT2D eigenvalue weighted by Gasteiger charge is -2.33. The van der Waals surface area contributed by atoms with Gasteiger partial charge in [-0.2, -0.15) is 0 Å². The second-order valence-electron chi connectivity index (χ2n) is 4.52. The average Bonchev–Trinajstić information content (AvgIpc) is 2.40. The molecule has 1 atom stereocenters. The maximum atomic E-state index is 11.2. The van der Waals surface area contributed by atoms with Gasteiger partial charge in [0.15, 0.2) is 0 Å². The molecular weight excluding hydrogens is 230 g/mol. The van der Waals surface area contributed by atoms with Gasteiger partial charge in [-0.1, -0.05) is 31.2 Å². The SMILES string of the molecule is CCc1ccccc1CN1CCOCC1C(=O)O. The van der Waals surface area contributed by atoms with Crippen LogP contribution < -0.4 is 0 Å². The van der Waals surface area contributed by atoms with Gasteiger partial charge < -0.3 is 9.84 Å².